The molecule has 0 spiro atoms. The summed E-state index contributed by atoms with van der Waals surface area (Å²) in [5.41, 5.74) is 0. The highest BCUT2D eigenvalue weighted by Gasteiger charge is 2.58. The quantitative estimate of drug-likeness (QED) is 0.246. The van der Waals surface area contributed by atoms with Crippen LogP contribution in [-0.2, 0) is 0 Å². The number of hydrogen-bond donors (Lipinski definition) is 6. The van der Waals surface area contributed by atoms with E-state index < -0.39 is 64.7 Å². The van der Waals surface area contributed by atoms with E-state index in [0.29, 0.717) is 0 Å². The Morgan fingerprint density at radius 2 is 0.484 bits per heavy atom. The summed E-state index contributed by atoms with van der Waals surface area (Å²) in [5.74, 6) is -14.9. The van der Waals surface area contributed by atoms with Crippen LogP contribution in [0.1, 0.15) is 0 Å². The van der Waals surface area contributed by atoms with Gasteiger partial charge in [-0.3, -0.25) is 0 Å². The first-order valence-corrected chi connectivity index (χ1v) is 7.39. The predicted octanol–water partition coefficient (Wildman–Crippen LogP) is 2.72. The zero-order valence-electron chi connectivity index (χ0n) is 13.9. The number of alkyl halides is 15. The molecule has 0 amide bonds. The van der Waals surface area contributed by atoms with Crippen molar-refractivity contribution in [3.8, 4) is 0 Å². The second-order valence-corrected chi connectivity index (χ2v) is 4.89. The van der Waals surface area contributed by atoms with E-state index in [9.17, 15) is 65.9 Å². The minimum atomic E-state index is -5.64. The molecule has 6 N–H and O–H groups in total. The first-order valence-electron chi connectivity index (χ1n) is 6.19. The van der Waals surface area contributed by atoms with Crippen molar-refractivity contribution in [2.45, 2.75) is 36.3 Å². The lowest BCUT2D eigenvalue weighted by molar-refractivity contribution is -0.292. The van der Waals surface area contributed by atoms with Gasteiger partial charge in [0.05, 0.1) is 0 Å². The van der Waals surface area contributed by atoms with Crippen molar-refractivity contribution in [2.24, 2.45) is 0 Å². The first-order chi connectivity index (χ1) is 13.2. The van der Waals surface area contributed by atoms with Crippen LogP contribution in [0.4, 0.5) is 65.9 Å². The second-order valence-electron chi connectivity index (χ2n) is 4.35. The number of hydrogen-bond acceptors (Lipinski definition) is 6. The molecule has 0 heterocycles. The molecule has 0 aromatic heterocycles. The largest absolute Gasteiger partial charge is 0.455 e. The third-order valence-electron chi connectivity index (χ3n) is 1.84. The molecule has 0 aliphatic heterocycles. The van der Waals surface area contributed by atoms with Crippen molar-refractivity contribution in [2.75, 3.05) is 19.8 Å². The summed E-state index contributed by atoms with van der Waals surface area (Å²) in [6, 6.07) is 0. The Kier molecular flexibility index (Phi) is 16.5. The van der Waals surface area contributed by atoms with Gasteiger partial charge < -0.3 is 30.0 Å². The van der Waals surface area contributed by atoms with Gasteiger partial charge in [0.15, 0.2) is 0 Å². The lowest BCUT2D eigenvalue weighted by Crippen LogP contribution is -2.39. The molecular weight excluding hydrogens is 520 g/mol. The molecule has 194 valence electrons. The van der Waals surface area contributed by atoms with Gasteiger partial charge in [0.2, 0.25) is 0 Å². The van der Waals surface area contributed by atoms with Gasteiger partial charge in [0, 0.05) is 0 Å². The number of rotatable bonds is 3. The van der Waals surface area contributed by atoms with E-state index in [1.165, 1.54) is 0 Å². The topological polar surface area (TPSA) is 121 Å². The predicted molar refractivity (Wildman–Crippen MR) is 67.8 cm³/mol. The Labute approximate surface area is 162 Å². The Balaban J connectivity index is -0.000000162. The van der Waals surface area contributed by atoms with Crippen LogP contribution in [0.2, 0.25) is 0 Å². The SMILES string of the molecule is OCC(F)(F)C(F)(F)F.OCC(F)(F)C(F)(F)F.OCC(F)(F)C(F)(F)F.OP(O)O. The average Bonchev–Trinajstić information content (AvgIpc) is 2.52. The van der Waals surface area contributed by atoms with Crippen LogP contribution >= 0.6 is 8.60 Å². The van der Waals surface area contributed by atoms with Crippen molar-refractivity contribution in [3.05, 3.63) is 0 Å². The van der Waals surface area contributed by atoms with Gasteiger partial charge in [0.25, 0.3) is 0 Å². The molecule has 0 saturated carbocycles. The molecule has 22 heteroatoms. The number of aliphatic hydroxyl groups is 3. The highest BCUT2D eigenvalue weighted by atomic mass is 31.2. The Bertz CT molecular complexity index is 397. The van der Waals surface area contributed by atoms with Crippen molar-refractivity contribution >= 4 is 8.60 Å². The molecule has 0 atom stereocenters. The van der Waals surface area contributed by atoms with Crippen LogP contribution in [0.3, 0.4) is 0 Å². The molecule has 31 heavy (non-hydrogen) atoms. The maximum Gasteiger partial charge on any atom is 0.455 e. The summed E-state index contributed by atoms with van der Waals surface area (Å²) in [5, 5.41) is 22.4. The molecule has 0 rings (SSSR count). The molecule has 0 aromatic carbocycles. The summed E-state index contributed by atoms with van der Waals surface area (Å²) < 4.78 is 166. The molecule has 0 aromatic rings. The van der Waals surface area contributed by atoms with E-state index in [0.717, 1.165) is 0 Å². The molecule has 0 fully saturated rings. The number of halogens is 15. The van der Waals surface area contributed by atoms with Crippen molar-refractivity contribution in [1.82, 2.24) is 0 Å². The van der Waals surface area contributed by atoms with Gasteiger partial charge in [-0.25, -0.2) is 0 Å². The maximum absolute atomic E-state index is 11.3. The van der Waals surface area contributed by atoms with E-state index in [2.05, 4.69) is 0 Å². The zero-order chi connectivity index (χ0) is 26.7. The average molecular weight is 532 g/mol. The summed E-state index contributed by atoms with van der Waals surface area (Å²) >= 11 is 0. The lowest BCUT2D eigenvalue weighted by atomic mass is 10.3. The molecule has 6 nitrogen and oxygen atoms in total. The van der Waals surface area contributed by atoms with Crippen molar-refractivity contribution < 1.29 is 95.9 Å². The third kappa shape index (κ3) is 17.4. The van der Waals surface area contributed by atoms with Crippen LogP contribution in [0.15, 0.2) is 0 Å². The first kappa shape index (κ1) is 37.5. The van der Waals surface area contributed by atoms with Crippen molar-refractivity contribution in [3.63, 3.8) is 0 Å². The van der Waals surface area contributed by atoms with E-state index in [-0.39, 0.29) is 0 Å². The van der Waals surface area contributed by atoms with E-state index >= 15 is 0 Å². The van der Waals surface area contributed by atoms with Crippen LogP contribution in [0.5, 0.6) is 0 Å². The third-order valence-corrected chi connectivity index (χ3v) is 1.84. The molecule has 0 aliphatic carbocycles. The van der Waals surface area contributed by atoms with Gasteiger partial charge in [0.1, 0.15) is 19.8 Å². The zero-order valence-corrected chi connectivity index (χ0v) is 14.8. The van der Waals surface area contributed by atoms with Gasteiger partial charge >= 0.3 is 44.9 Å². The Morgan fingerprint density at radius 3 is 0.484 bits per heavy atom. The van der Waals surface area contributed by atoms with Crippen LogP contribution in [0.25, 0.3) is 0 Å². The Morgan fingerprint density at radius 1 is 0.387 bits per heavy atom. The van der Waals surface area contributed by atoms with Gasteiger partial charge in [-0.15, -0.1) is 0 Å². The summed E-state index contributed by atoms with van der Waals surface area (Å²) in [6.45, 7) is -6.59. The molecular formula is C9H12F15O6P. The normalized spacial score (nSPS) is 13.4. The smallest absolute Gasteiger partial charge is 0.390 e. The highest BCUT2D eigenvalue weighted by molar-refractivity contribution is 7.38. The Hall–Kier alpha value is -0.860. The maximum atomic E-state index is 11.3. The fourth-order valence-electron chi connectivity index (χ4n) is 0.269. The monoisotopic (exact) mass is 532 g/mol. The van der Waals surface area contributed by atoms with Gasteiger partial charge in [-0.05, 0) is 0 Å². The minimum Gasteiger partial charge on any atom is -0.390 e. The fourth-order valence-corrected chi connectivity index (χ4v) is 0.269. The van der Waals surface area contributed by atoms with E-state index in [1.54, 1.807) is 0 Å². The second kappa shape index (κ2) is 13.6. The van der Waals surface area contributed by atoms with Crippen LogP contribution in [0, 0.1) is 0 Å². The van der Waals surface area contributed by atoms with E-state index in [1.807, 2.05) is 0 Å². The lowest BCUT2D eigenvalue weighted by Gasteiger charge is -2.15. The summed E-state index contributed by atoms with van der Waals surface area (Å²) in [7, 11) is -2.62. The molecule has 0 radical (unpaired) electrons. The molecule has 0 aliphatic rings. The fraction of sp³-hybridized carbons (Fsp3) is 1.00. The van der Waals surface area contributed by atoms with Gasteiger partial charge in [-0.2, -0.15) is 65.9 Å². The number of aliphatic hydroxyl groups excluding tert-OH is 3. The highest BCUT2D eigenvalue weighted by Crippen LogP contribution is 2.35. The standard InChI is InChI=1S/3C3H3F5O.H3O3P/c3*4-2(5,1-9)3(6,7)8;1-4(2)3/h3*9H,1H2;1-3H. The van der Waals surface area contributed by atoms with E-state index in [4.69, 9.17) is 30.0 Å². The molecule has 0 unspecified atom stereocenters. The summed E-state index contributed by atoms with van der Waals surface area (Å²) in [4.78, 5) is 21.7. The van der Waals surface area contributed by atoms with Crippen LogP contribution < -0.4 is 0 Å². The summed E-state index contributed by atoms with van der Waals surface area (Å²) in [6.07, 6.45) is -16.9. The minimum absolute atomic E-state index is 2.20. The molecule has 0 saturated heterocycles. The molecule has 0 bridgehead atoms. The van der Waals surface area contributed by atoms with Crippen LogP contribution in [-0.4, -0.2) is 86.1 Å². The van der Waals surface area contributed by atoms with Gasteiger partial charge in [-0.1, -0.05) is 0 Å². The van der Waals surface area contributed by atoms with Crippen molar-refractivity contribution in [1.29, 1.82) is 0 Å².